The summed E-state index contributed by atoms with van der Waals surface area (Å²) in [5.41, 5.74) is 1.98. The fourth-order valence-electron chi connectivity index (χ4n) is 4.25. The number of hydrogen-bond donors (Lipinski definition) is 0. The quantitative estimate of drug-likeness (QED) is 0.358. The number of nitrogens with zero attached hydrogens (tertiary/aromatic N) is 2. The van der Waals surface area contributed by atoms with Crippen molar-refractivity contribution < 1.29 is 14.3 Å². The zero-order valence-corrected chi connectivity index (χ0v) is 18.6. The molecule has 0 atom stereocenters. The molecule has 5 nitrogen and oxygen atoms in total. The van der Waals surface area contributed by atoms with Gasteiger partial charge in [0.05, 0.1) is 12.2 Å². The summed E-state index contributed by atoms with van der Waals surface area (Å²) in [5.74, 6) is 0.541. The predicted molar refractivity (Wildman–Crippen MR) is 120 cm³/mol. The minimum Gasteiger partial charge on any atom is -0.494 e. The van der Waals surface area contributed by atoms with Gasteiger partial charge in [-0.25, -0.2) is 0 Å². The van der Waals surface area contributed by atoms with E-state index < -0.39 is 0 Å². The van der Waals surface area contributed by atoms with Gasteiger partial charge < -0.3 is 9.64 Å². The highest BCUT2D eigenvalue weighted by Gasteiger charge is 2.41. The Kier molecular flexibility index (Phi) is 8.35. The highest BCUT2D eigenvalue weighted by Crippen LogP contribution is 2.34. The number of benzene rings is 1. The number of carbonyl (C=O) groups is 2. The summed E-state index contributed by atoms with van der Waals surface area (Å²) in [6.07, 6.45) is 9.91. The van der Waals surface area contributed by atoms with E-state index in [9.17, 15) is 9.59 Å². The number of unbranched alkanes of at least 4 members (excludes halogenated alkanes) is 5. The van der Waals surface area contributed by atoms with Crippen LogP contribution < -0.4 is 4.74 Å². The largest absolute Gasteiger partial charge is 0.494 e. The van der Waals surface area contributed by atoms with Gasteiger partial charge in [-0.2, -0.15) is 0 Å². The molecule has 0 aliphatic carbocycles. The first-order chi connectivity index (χ1) is 14.7. The van der Waals surface area contributed by atoms with Crippen molar-refractivity contribution in [3.05, 3.63) is 35.5 Å². The summed E-state index contributed by atoms with van der Waals surface area (Å²) in [4.78, 5) is 30.1. The fraction of sp³-hybridized carbons (Fsp3) is 0.600. The lowest BCUT2D eigenvalue weighted by Crippen LogP contribution is -2.35. The SMILES string of the molecule is CCCCCCCCN1C(=O)C(c2ccc(OCCC)cc2)=C(N2CCCC2)C1=O. The molecule has 1 fully saturated rings. The molecule has 0 spiro atoms. The Balaban J connectivity index is 1.75. The first kappa shape index (κ1) is 22.4. The maximum Gasteiger partial charge on any atom is 0.277 e. The smallest absolute Gasteiger partial charge is 0.277 e. The van der Waals surface area contributed by atoms with Gasteiger partial charge in [-0.05, 0) is 43.4 Å². The van der Waals surface area contributed by atoms with Gasteiger partial charge in [-0.1, -0.05) is 58.1 Å². The second kappa shape index (κ2) is 11.2. The standard InChI is InChI=1S/C25H36N2O3/c1-3-5-6-7-8-9-18-27-24(28)22(23(25(27)29)26-16-10-11-17-26)20-12-14-21(15-13-20)30-19-4-2/h12-15H,3-11,16-19H2,1-2H3. The molecule has 1 saturated heterocycles. The summed E-state index contributed by atoms with van der Waals surface area (Å²) in [6.45, 7) is 7.16. The highest BCUT2D eigenvalue weighted by atomic mass is 16.5. The zero-order chi connectivity index (χ0) is 21.3. The average molecular weight is 413 g/mol. The van der Waals surface area contributed by atoms with E-state index in [1.807, 2.05) is 24.3 Å². The molecule has 164 valence electrons. The third-order valence-electron chi connectivity index (χ3n) is 5.92. The molecule has 30 heavy (non-hydrogen) atoms. The van der Waals surface area contributed by atoms with Crippen LogP contribution in [0.2, 0.25) is 0 Å². The number of rotatable bonds is 12. The van der Waals surface area contributed by atoms with Crippen molar-refractivity contribution in [2.75, 3.05) is 26.2 Å². The summed E-state index contributed by atoms with van der Waals surface area (Å²) in [6, 6.07) is 7.62. The summed E-state index contributed by atoms with van der Waals surface area (Å²) in [7, 11) is 0. The molecule has 5 heteroatoms. The monoisotopic (exact) mass is 412 g/mol. The van der Waals surface area contributed by atoms with E-state index in [1.54, 1.807) is 0 Å². The Morgan fingerprint density at radius 3 is 2.17 bits per heavy atom. The minimum absolute atomic E-state index is 0.114. The van der Waals surface area contributed by atoms with E-state index in [0.717, 1.165) is 56.5 Å². The van der Waals surface area contributed by atoms with Crippen LogP contribution in [0.15, 0.2) is 30.0 Å². The summed E-state index contributed by atoms with van der Waals surface area (Å²) in [5, 5.41) is 0. The van der Waals surface area contributed by atoms with Crippen molar-refractivity contribution in [1.29, 1.82) is 0 Å². The Morgan fingerprint density at radius 2 is 1.50 bits per heavy atom. The fourth-order valence-corrected chi connectivity index (χ4v) is 4.25. The summed E-state index contributed by atoms with van der Waals surface area (Å²) >= 11 is 0. The van der Waals surface area contributed by atoms with Crippen molar-refractivity contribution in [3.63, 3.8) is 0 Å². The maximum atomic E-state index is 13.3. The second-order valence-electron chi connectivity index (χ2n) is 8.32. The number of hydrogen-bond acceptors (Lipinski definition) is 4. The molecule has 2 heterocycles. The van der Waals surface area contributed by atoms with Crippen LogP contribution in [-0.2, 0) is 9.59 Å². The van der Waals surface area contributed by atoms with Gasteiger partial charge >= 0.3 is 0 Å². The van der Waals surface area contributed by atoms with Gasteiger partial charge in [0.25, 0.3) is 11.8 Å². The van der Waals surface area contributed by atoms with Gasteiger partial charge in [-0.3, -0.25) is 14.5 Å². The molecule has 2 aliphatic heterocycles. The van der Waals surface area contributed by atoms with E-state index in [1.165, 1.54) is 30.6 Å². The molecule has 0 aromatic heterocycles. The molecular weight excluding hydrogens is 376 g/mol. The Morgan fingerprint density at radius 1 is 0.833 bits per heavy atom. The molecule has 1 aromatic carbocycles. The molecule has 0 radical (unpaired) electrons. The van der Waals surface area contributed by atoms with Gasteiger partial charge in [0.15, 0.2) is 0 Å². The van der Waals surface area contributed by atoms with Gasteiger partial charge in [0, 0.05) is 19.6 Å². The van der Waals surface area contributed by atoms with E-state index in [0.29, 0.717) is 24.4 Å². The van der Waals surface area contributed by atoms with Gasteiger partial charge in [0.2, 0.25) is 0 Å². The van der Waals surface area contributed by atoms with Crippen LogP contribution >= 0.6 is 0 Å². The van der Waals surface area contributed by atoms with Crippen LogP contribution in [0.5, 0.6) is 5.75 Å². The van der Waals surface area contributed by atoms with Gasteiger partial charge in [0.1, 0.15) is 11.4 Å². The van der Waals surface area contributed by atoms with E-state index in [4.69, 9.17) is 4.74 Å². The number of carbonyl (C=O) groups excluding carboxylic acids is 2. The van der Waals surface area contributed by atoms with Crippen LogP contribution in [0.25, 0.3) is 5.57 Å². The third-order valence-corrected chi connectivity index (χ3v) is 5.92. The second-order valence-corrected chi connectivity index (χ2v) is 8.32. The van der Waals surface area contributed by atoms with Crippen molar-refractivity contribution in [1.82, 2.24) is 9.80 Å². The lowest BCUT2D eigenvalue weighted by Gasteiger charge is -2.20. The first-order valence-electron chi connectivity index (χ1n) is 11.8. The average Bonchev–Trinajstić information content (AvgIpc) is 3.37. The molecule has 0 N–H and O–H groups in total. The van der Waals surface area contributed by atoms with E-state index in [-0.39, 0.29) is 11.8 Å². The molecular formula is C25H36N2O3. The molecule has 0 bridgehead atoms. The molecule has 0 saturated carbocycles. The van der Waals surface area contributed by atoms with Crippen LogP contribution in [0.3, 0.4) is 0 Å². The normalized spacial score (nSPS) is 16.9. The Labute approximate surface area is 181 Å². The number of imide groups is 1. The van der Waals surface area contributed by atoms with E-state index >= 15 is 0 Å². The van der Waals surface area contributed by atoms with Crippen LogP contribution in [0.1, 0.15) is 77.2 Å². The molecule has 1 aromatic rings. The highest BCUT2D eigenvalue weighted by molar-refractivity contribution is 6.35. The number of likely N-dealkylation sites (tertiary alicyclic amines) is 1. The van der Waals surface area contributed by atoms with E-state index in [2.05, 4.69) is 18.7 Å². The molecule has 3 rings (SSSR count). The van der Waals surface area contributed by atoms with Crippen LogP contribution in [-0.4, -0.2) is 47.9 Å². The first-order valence-corrected chi connectivity index (χ1v) is 11.8. The molecule has 2 aliphatic rings. The molecule has 0 unspecified atom stereocenters. The summed E-state index contributed by atoms with van der Waals surface area (Å²) < 4.78 is 5.67. The number of amides is 2. The van der Waals surface area contributed by atoms with Crippen molar-refractivity contribution in [3.8, 4) is 5.75 Å². The van der Waals surface area contributed by atoms with Crippen molar-refractivity contribution >= 4 is 17.4 Å². The topological polar surface area (TPSA) is 49.9 Å². The van der Waals surface area contributed by atoms with Crippen molar-refractivity contribution in [2.45, 2.75) is 71.6 Å². The number of ether oxygens (including phenoxy) is 1. The third kappa shape index (κ3) is 5.24. The van der Waals surface area contributed by atoms with Crippen LogP contribution in [0, 0.1) is 0 Å². The van der Waals surface area contributed by atoms with Crippen molar-refractivity contribution in [2.24, 2.45) is 0 Å². The maximum absolute atomic E-state index is 13.3. The minimum atomic E-state index is -0.141. The zero-order valence-electron chi connectivity index (χ0n) is 18.6. The lowest BCUT2D eigenvalue weighted by molar-refractivity contribution is -0.137. The molecule has 2 amide bonds. The van der Waals surface area contributed by atoms with Gasteiger partial charge in [-0.15, -0.1) is 0 Å². The Hall–Kier alpha value is -2.30. The Bertz CT molecular complexity index is 748. The van der Waals surface area contributed by atoms with Crippen LogP contribution in [0.4, 0.5) is 0 Å². The predicted octanol–water partition coefficient (Wildman–Crippen LogP) is 5.01. The lowest BCUT2D eigenvalue weighted by atomic mass is 10.0.